The molecule has 0 N–H and O–H groups in total. The van der Waals surface area contributed by atoms with Crippen LogP contribution in [-0.2, 0) is 11.8 Å². The Morgan fingerprint density at radius 2 is 1.94 bits per heavy atom. The second kappa shape index (κ2) is 7.68. The zero-order valence-corrected chi connectivity index (χ0v) is 17.7. The standard InChI is InChI=1S/C21H25N7O3/c1-14-23-18-15(13-22-25(18)2)19(24-14)26-8-10-27(11-9-26)20(29)16-5-3-7-28(16)21(30)17-6-4-12-31-17/h4,6,12-13,16H,3,5,7-11H2,1-2H3. The molecule has 2 aliphatic rings. The molecule has 10 nitrogen and oxygen atoms in total. The highest BCUT2D eigenvalue weighted by molar-refractivity contribution is 5.96. The van der Waals surface area contributed by atoms with Crippen LogP contribution in [0.25, 0.3) is 11.0 Å². The van der Waals surface area contributed by atoms with Gasteiger partial charge in [-0.3, -0.25) is 14.3 Å². The quantitative estimate of drug-likeness (QED) is 0.624. The molecule has 0 saturated carbocycles. The van der Waals surface area contributed by atoms with E-state index in [0.717, 1.165) is 23.3 Å². The number of aryl methyl sites for hydroxylation is 2. The van der Waals surface area contributed by atoms with Crippen molar-refractivity contribution in [3.63, 3.8) is 0 Å². The molecule has 0 aromatic carbocycles. The predicted octanol–water partition coefficient (Wildman–Crippen LogP) is 1.22. The van der Waals surface area contributed by atoms with Crippen molar-refractivity contribution in [3.8, 4) is 0 Å². The van der Waals surface area contributed by atoms with Crippen LogP contribution in [0.1, 0.15) is 29.2 Å². The molecule has 3 aromatic heterocycles. The van der Waals surface area contributed by atoms with E-state index >= 15 is 0 Å². The first-order chi connectivity index (χ1) is 15.0. The Balaban J connectivity index is 1.28. The molecule has 0 radical (unpaired) electrons. The van der Waals surface area contributed by atoms with Crippen molar-refractivity contribution in [1.29, 1.82) is 0 Å². The molecular weight excluding hydrogens is 398 g/mol. The van der Waals surface area contributed by atoms with Crippen molar-refractivity contribution in [2.75, 3.05) is 37.6 Å². The third-order valence-electron chi connectivity index (χ3n) is 6.11. The van der Waals surface area contributed by atoms with Gasteiger partial charge in [-0.05, 0) is 31.9 Å². The van der Waals surface area contributed by atoms with Crippen molar-refractivity contribution in [2.24, 2.45) is 7.05 Å². The predicted molar refractivity (Wildman–Crippen MR) is 113 cm³/mol. The normalized spacial score (nSPS) is 19.4. The van der Waals surface area contributed by atoms with E-state index in [1.54, 1.807) is 27.9 Å². The van der Waals surface area contributed by atoms with E-state index in [-0.39, 0.29) is 17.6 Å². The second-order valence-corrected chi connectivity index (χ2v) is 8.05. The summed E-state index contributed by atoms with van der Waals surface area (Å²) < 4.78 is 7.00. The van der Waals surface area contributed by atoms with Crippen molar-refractivity contribution in [2.45, 2.75) is 25.8 Å². The third-order valence-corrected chi connectivity index (χ3v) is 6.11. The smallest absolute Gasteiger partial charge is 0.290 e. The lowest BCUT2D eigenvalue weighted by molar-refractivity contribution is -0.135. The zero-order valence-electron chi connectivity index (χ0n) is 17.7. The average molecular weight is 423 g/mol. The number of rotatable bonds is 3. The van der Waals surface area contributed by atoms with Crippen molar-refractivity contribution < 1.29 is 14.0 Å². The summed E-state index contributed by atoms with van der Waals surface area (Å²) in [4.78, 5) is 40.8. The van der Waals surface area contributed by atoms with E-state index in [1.165, 1.54) is 6.26 Å². The number of furan rings is 1. The summed E-state index contributed by atoms with van der Waals surface area (Å²) in [6.45, 7) is 4.97. The maximum absolute atomic E-state index is 13.2. The summed E-state index contributed by atoms with van der Waals surface area (Å²) in [5.41, 5.74) is 0.805. The molecule has 1 atom stereocenters. The summed E-state index contributed by atoms with van der Waals surface area (Å²) in [5.74, 6) is 1.64. The fraction of sp³-hybridized carbons (Fsp3) is 0.476. The molecule has 2 aliphatic heterocycles. The molecule has 1 unspecified atom stereocenters. The number of anilines is 1. The first kappa shape index (κ1) is 19.5. The number of carbonyl (C=O) groups excluding carboxylic acids is 2. The van der Waals surface area contributed by atoms with Gasteiger partial charge in [-0.15, -0.1) is 0 Å². The highest BCUT2D eigenvalue weighted by atomic mass is 16.3. The molecule has 5 heterocycles. The third kappa shape index (κ3) is 3.41. The number of likely N-dealkylation sites (tertiary alicyclic amines) is 1. The maximum atomic E-state index is 13.2. The minimum absolute atomic E-state index is 0.0162. The number of carbonyl (C=O) groups is 2. The number of fused-ring (bicyclic) bond motifs is 1. The van der Waals surface area contributed by atoms with E-state index in [4.69, 9.17) is 4.42 Å². The van der Waals surface area contributed by atoms with Gasteiger partial charge in [0.15, 0.2) is 11.4 Å². The van der Waals surface area contributed by atoms with Gasteiger partial charge in [0, 0.05) is 39.8 Å². The monoisotopic (exact) mass is 423 g/mol. The van der Waals surface area contributed by atoms with Crippen LogP contribution < -0.4 is 4.90 Å². The fourth-order valence-corrected chi connectivity index (χ4v) is 4.51. The van der Waals surface area contributed by atoms with Gasteiger partial charge < -0.3 is 19.1 Å². The Morgan fingerprint density at radius 1 is 1.13 bits per heavy atom. The Labute approximate surface area is 179 Å². The van der Waals surface area contributed by atoms with E-state index in [9.17, 15) is 9.59 Å². The highest BCUT2D eigenvalue weighted by Gasteiger charge is 2.38. The van der Waals surface area contributed by atoms with E-state index in [1.807, 2.05) is 18.9 Å². The van der Waals surface area contributed by atoms with E-state index < -0.39 is 6.04 Å². The van der Waals surface area contributed by atoms with E-state index in [0.29, 0.717) is 45.0 Å². The van der Waals surface area contributed by atoms with Gasteiger partial charge in [0.25, 0.3) is 5.91 Å². The molecule has 162 valence electrons. The highest BCUT2D eigenvalue weighted by Crippen LogP contribution is 2.26. The van der Waals surface area contributed by atoms with Gasteiger partial charge in [-0.2, -0.15) is 5.10 Å². The van der Waals surface area contributed by atoms with Crippen LogP contribution in [0.15, 0.2) is 29.0 Å². The summed E-state index contributed by atoms with van der Waals surface area (Å²) in [6, 6.07) is 2.91. The van der Waals surface area contributed by atoms with Crippen molar-refractivity contribution in [3.05, 3.63) is 36.2 Å². The van der Waals surface area contributed by atoms with Crippen molar-refractivity contribution >= 4 is 28.7 Å². The SMILES string of the molecule is Cc1nc(N2CCN(C(=O)C3CCCN3C(=O)c3ccco3)CC2)c2cnn(C)c2n1. The lowest BCUT2D eigenvalue weighted by Crippen LogP contribution is -2.54. The van der Waals surface area contributed by atoms with Crippen LogP contribution in [0.5, 0.6) is 0 Å². The lowest BCUT2D eigenvalue weighted by atomic mass is 10.1. The molecule has 2 saturated heterocycles. The number of nitrogens with zero attached hydrogens (tertiary/aromatic N) is 7. The van der Waals surface area contributed by atoms with Crippen LogP contribution in [-0.4, -0.2) is 80.1 Å². The minimum atomic E-state index is -0.421. The van der Waals surface area contributed by atoms with Gasteiger partial charge >= 0.3 is 0 Å². The Bertz CT molecular complexity index is 1120. The molecule has 3 aromatic rings. The Kier molecular flexibility index (Phi) is 4.84. The van der Waals surface area contributed by atoms with E-state index in [2.05, 4.69) is 20.0 Å². The van der Waals surface area contributed by atoms with Gasteiger partial charge in [0.1, 0.15) is 17.7 Å². The molecule has 31 heavy (non-hydrogen) atoms. The molecule has 10 heteroatoms. The first-order valence-corrected chi connectivity index (χ1v) is 10.6. The molecule has 0 spiro atoms. The van der Waals surface area contributed by atoms with Crippen LogP contribution in [0.3, 0.4) is 0 Å². The summed E-state index contributed by atoms with van der Waals surface area (Å²) in [6.07, 6.45) is 4.78. The first-order valence-electron chi connectivity index (χ1n) is 10.6. The van der Waals surface area contributed by atoms with Crippen LogP contribution in [0.4, 0.5) is 5.82 Å². The number of hydrogen-bond acceptors (Lipinski definition) is 7. The summed E-state index contributed by atoms with van der Waals surface area (Å²) in [5, 5.41) is 5.23. The van der Waals surface area contributed by atoms with Crippen LogP contribution in [0, 0.1) is 6.92 Å². The largest absolute Gasteiger partial charge is 0.459 e. The van der Waals surface area contributed by atoms with Crippen LogP contribution >= 0.6 is 0 Å². The minimum Gasteiger partial charge on any atom is -0.459 e. The van der Waals surface area contributed by atoms with Crippen LogP contribution in [0.2, 0.25) is 0 Å². The number of amides is 2. The topological polar surface area (TPSA) is 101 Å². The number of aromatic nitrogens is 4. The molecular formula is C21H25N7O3. The summed E-state index contributed by atoms with van der Waals surface area (Å²) in [7, 11) is 1.87. The molecule has 2 fully saturated rings. The Morgan fingerprint density at radius 3 is 2.68 bits per heavy atom. The average Bonchev–Trinajstić information content (AvgIpc) is 3.54. The summed E-state index contributed by atoms with van der Waals surface area (Å²) >= 11 is 0. The van der Waals surface area contributed by atoms with Gasteiger partial charge in [0.05, 0.1) is 17.8 Å². The molecule has 0 bridgehead atoms. The molecule has 2 amide bonds. The van der Waals surface area contributed by atoms with Gasteiger partial charge in [0.2, 0.25) is 5.91 Å². The number of hydrogen-bond donors (Lipinski definition) is 0. The fourth-order valence-electron chi connectivity index (χ4n) is 4.51. The number of piperazine rings is 1. The maximum Gasteiger partial charge on any atom is 0.290 e. The van der Waals surface area contributed by atoms with Gasteiger partial charge in [-0.25, -0.2) is 9.97 Å². The Hall–Kier alpha value is -3.43. The molecule has 5 rings (SSSR count). The van der Waals surface area contributed by atoms with Crippen molar-refractivity contribution in [1.82, 2.24) is 29.5 Å². The molecule has 0 aliphatic carbocycles. The second-order valence-electron chi connectivity index (χ2n) is 8.05. The van der Waals surface area contributed by atoms with Gasteiger partial charge in [-0.1, -0.05) is 0 Å². The zero-order chi connectivity index (χ0) is 21.5. The lowest BCUT2D eigenvalue weighted by Gasteiger charge is -2.37.